The fourth-order valence-corrected chi connectivity index (χ4v) is 9.23. The lowest BCUT2D eigenvalue weighted by Gasteiger charge is -2.13. The van der Waals surface area contributed by atoms with E-state index in [9.17, 15) is 8.42 Å². The highest BCUT2D eigenvalue weighted by Crippen LogP contribution is 2.39. The summed E-state index contributed by atoms with van der Waals surface area (Å²) < 4.78 is 34.9. The molecule has 7 aromatic carbocycles. The monoisotopic (exact) mass is 651 g/mol. The number of aryl methyl sites for hydroxylation is 1. The van der Waals surface area contributed by atoms with Crippen LogP contribution < -0.4 is 0 Å². The van der Waals surface area contributed by atoms with Gasteiger partial charge in [-0.05, 0) is 67.6 Å². The van der Waals surface area contributed by atoms with E-state index in [-0.39, 0.29) is 4.90 Å². The highest BCUT2D eigenvalue weighted by Gasteiger charge is 2.24. The first kappa shape index (κ1) is 28.0. The smallest absolute Gasteiger partial charge is 0.268 e. The van der Waals surface area contributed by atoms with Crippen LogP contribution in [0.15, 0.2) is 163 Å². The molecule has 10 rings (SSSR count). The van der Waals surface area contributed by atoms with E-state index in [0.717, 1.165) is 60.5 Å². The van der Waals surface area contributed by atoms with E-state index in [1.165, 1.54) is 14.7 Å². The first-order chi connectivity index (χ1) is 24.0. The molecular weight excluding hydrogens is 623 g/mol. The van der Waals surface area contributed by atoms with Gasteiger partial charge in [0.15, 0.2) is 0 Å². The molecule has 0 saturated heterocycles. The zero-order valence-electron chi connectivity index (χ0n) is 26.6. The topological polar surface area (TPSA) is 48.9 Å². The summed E-state index contributed by atoms with van der Waals surface area (Å²) in [6, 6.07) is 53.2. The van der Waals surface area contributed by atoms with Gasteiger partial charge in [0, 0.05) is 43.7 Å². The van der Waals surface area contributed by atoms with Crippen molar-refractivity contribution in [2.45, 2.75) is 11.8 Å². The number of para-hydroxylation sites is 4. The predicted octanol–water partition coefficient (Wildman–Crippen LogP) is 10.5. The Balaban J connectivity index is 1.27. The summed E-state index contributed by atoms with van der Waals surface area (Å²) in [5, 5.41) is 6.49. The molecule has 49 heavy (non-hydrogen) atoms. The molecule has 3 aromatic heterocycles. The van der Waals surface area contributed by atoms with Gasteiger partial charge in [-0.3, -0.25) is 0 Å². The Morgan fingerprint density at radius 3 is 1.31 bits per heavy atom. The normalized spacial score (nSPS) is 12.3. The predicted molar refractivity (Wildman–Crippen MR) is 202 cm³/mol. The summed E-state index contributed by atoms with van der Waals surface area (Å²) >= 11 is 0. The summed E-state index contributed by atoms with van der Waals surface area (Å²) in [5.74, 6) is 0. The maximum absolute atomic E-state index is 14.4. The Morgan fingerprint density at radius 1 is 0.388 bits per heavy atom. The lowest BCUT2D eigenvalue weighted by atomic mass is 10.1. The summed E-state index contributed by atoms with van der Waals surface area (Å²) in [6.45, 7) is 1.96. The quantitative estimate of drug-likeness (QED) is 0.190. The van der Waals surface area contributed by atoms with Gasteiger partial charge in [0.2, 0.25) is 0 Å². The number of hydrogen-bond donors (Lipinski definition) is 0. The highest BCUT2D eigenvalue weighted by atomic mass is 32.2. The Labute approximate surface area is 282 Å². The lowest BCUT2D eigenvalue weighted by Crippen LogP contribution is -2.13. The molecule has 3 heterocycles. The van der Waals surface area contributed by atoms with Crippen LogP contribution in [0.25, 0.3) is 76.8 Å². The molecule has 0 spiro atoms. The Bertz CT molecular complexity index is 3020. The second-order valence-corrected chi connectivity index (χ2v) is 14.5. The van der Waals surface area contributed by atoms with E-state index in [1.54, 1.807) is 12.1 Å². The van der Waals surface area contributed by atoms with Gasteiger partial charge in [0.1, 0.15) is 0 Å². The SMILES string of the molecule is Cc1ccc(S(=O)(=O)n2c3ccccc3c3ccc(-n4c5ccccc5c5ccc(-n6c7ccccc7c7ccccc76)cc54)cc32)cc1. The molecule has 6 heteroatoms. The van der Waals surface area contributed by atoms with Gasteiger partial charge in [-0.15, -0.1) is 0 Å². The zero-order valence-corrected chi connectivity index (χ0v) is 27.4. The minimum absolute atomic E-state index is 0.263. The Hall–Kier alpha value is -6.11. The van der Waals surface area contributed by atoms with Gasteiger partial charge in [0.25, 0.3) is 10.0 Å². The number of hydrogen-bond acceptors (Lipinski definition) is 2. The Morgan fingerprint density at radius 2 is 0.776 bits per heavy atom. The van der Waals surface area contributed by atoms with Crippen molar-refractivity contribution in [2.24, 2.45) is 0 Å². The molecule has 0 saturated carbocycles. The Kier molecular flexibility index (Phi) is 5.82. The van der Waals surface area contributed by atoms with E-state index < -0.39 is 10.0 Å². The molecule has 0 N–H and O–H groups in total. The van der Waals surface area contributed by atoms with Crippen LogP contribution >= 0.6 is 0 Å². The van der Waals surface area contributed by atoms with Crippen LogP contribution in [0.5, 0.6) is 0 Å². The van der Waals surface area contributed by atoms with Gasteiger partial charge in [0.05, 0.1) is 38.0 Å². The molecule has 0 unspecified atom stereocenters. The third-order valence-electron chi connectivity index (χ3n) is 9.93. The molecule has 0 aliphatic rings. The van der Waals surface area contributed by atoms with Crippen LogP contribution in [0.4, 0.5) is 0 Å². The van der Waals surface area contributed by atoms with Gasteiger partial charge in [-0.1, -0.05) is 103 Å². The second-order valence-electron chi connectivity index (χ2n) is 12.7. The average molecular weight is 652 g/mol. The van der Waals surface area contributed by atoms with Crippen LogP contribution in [0.3, 0.4) is 0 Å². The molecule has 234 valence electrons. The summed E-state index contributed by atoms with van der Waals surface area (Å²) in [6.07, 6.45) is 0. The van der Waals surface area contributed by atoms with Gasteiger partial charge < -0.3 is 9.13 Å². The average Bonchev–Trinajstić information content (AvgIpc) is 3.77. The first-order valence-electron chi connectivity index (χ1n) is 16.4. The molecule has 0 fully saturated rings. The summed E-state index contributed by atoms with van der Waals surface area (Å²) in [4.78, 5) is 0.263. The van der Waals surface area contributed by atoms with E-state index in [4.69, 9.17) is 0 Å². The maximum atomic E-state index is 14.4. The fraction of sp³-hybridized carbons (Fsp3) is 0.0233. The second kappa shape index (κ2) is 10.2. The fourth-order valence-electron chi connectivity index (χ4n) is 7.71. The summed E-state index contributed by atoms with van der Waals surface area (Å²) in [5.41, 5.74) is 8.66. The molecule has 0 aliphatic heterocycles. The lowest BCUT2D eigenvalue weighted by molar-refractivity contribution is 0.590. The van der Waals surface area contributed by atoms with E-state index in [0.29, 0.717) is 11.0 Å². The van der Waals surface area contributed by atoms with Gasteiger partial charge >= 0.3 is 0 Å². The van der Waals surface area contributed by atoms with E-state index in [1.807, 2.05) is 49.4 Å². The number of fused-ring (bicyclic) bond motifs is 9. The van der Waals surface area contributed by atoms with Crippen molar-refractivity contribution in [2.75, 3.05) is 0 Å². The third kappa shape index (κ3) is 3.95. The number of benzene rings is 7. The molecule has 0 bridgehead atoms. The van der Waals surface area contributed by atoms with Gasteiger partial charge in [-0.2, -0.15) is 0 Å². The third-order valence-corrected chi connectivity index (χ3v) is 11.7. The van der Waals surface area contributed by atoms with Crippen molar-refractivity contribution in [1.82, 2.24) is 13.1 Å². The van der Waals surface area contributed by atoms with Crippen LogP contribution in [-0.2, 0) is 10.0 Å². The van der Waals surface area contributed by atoms with Crippen molar-refractivity contribution in [3.05, 3.63) is 163 Å². The molecule has 10 aromatic rings. The van der Waals surface area contributed by atoms with Crippen LogP contribution in [0.2, 0.25) is 0 Å². The first-order valence-corrected chi connectivity index (χ1v) is 17.8. The largest absolute Gasteiger partial charge is 0.309 e. The summed E-state index contributed by atoms with van der Waals surface area (Å²) in [7, 11) is -3.91. The number of rotatable bonds is 4. The molecule has 5 nitrogen and oxygen atoms in total. The highest BCUT2D eigenvalue weighted by molar-refractivity contribution is 7.90. The molecule has 0 amide bonds. The number of aromatic nitrogens is 3. The zero-order chi connectivity index (χ0) is 32.9. The minimum atomic E-state index is -3.91. The van der Waals surface area contributed by atoms with Crippen LogP contribution in [0.1, 0.15) is 5.56 Å². The van der Waals surface area contributed by atoms with Crippen molar-refractivity contribution in [1.29, 1.82) is 0 Å². The van der Waals surface area contributed by atoms with Crippen molar-refractivity contribution >= 4 is 75.4 Å². The van der Waals surface area contributed by atoms with Crippen molar-refractivity contribution < 1.29 is 8.42 Å². The van der Waals surface area contributed by atoms with E-state index in [2.05, 4.69) is 112 Å². The van der Waals surface area contributed by atoms with E-state index >= 15 is 0 Å². The molecule has 0 aliphatic carbocycles. The molecule has 0 atom stereocenters. The van der Waals surface area contributed by atoms with Crippen LogP contribution in [-0.4, -0.2) is 21.5 Å². The number of nitrogens with zero attached hydrogens (tertiary/aromatic N) is 3. The van der Waals surface area contributed by atoms with Crippen LogP contribution in [0, 0.1) is 6.92 Å². The van der Waals surface area contributed by atoms with Gasteiger partial charge in [-0.25, -0.2) is 12.4 Å². The standard InChI is InChI=1S/C43H29N3O2S/c1-28-18-22-31(23-19-28)49(47,48)46-41-17-9-5-13-35(41)37-25-21-30(27-43(37)46)45-40-16-8-4-12-34(40)36-24-20-29(26-42(36)45)44-38-14-6-2-10-32(38)33-11-3-7-15-39(33)44/h2-27H,1H3. The van der Waals surface area contributed by atoms with Crippen molar-refractivity contribution in [3.8, 4) is 11.4 Å². The minimum Gasteiger partial charge on any atom is -0.309 e. The van der Waals surface area contributed by atoms with Crippen molar-refractivity contribution in [3.63, 3.8) is 0 Å². The molecule has 0 radical (unpaired) electrons. The maximum Gasteiger partial charge on any atom is 0.268 e. The molecular formula is C43H29N3O2S.